The largest absolute Gasteiger partial charge is 0.292 e. The van der Waals surface area contributed by atoms with Gasteiger partial charge in [0, 0.05) is 18.9 Å². The fraction of sp³-hybridized carbons (Fsp3) is 0.333. The second kappa shape index (κ2) is 4.45. The quantitative estimate of drug-likeness (QED) is 0.744. The van der Waals surface area contributed by atoms with Crippen molar-refractivity contribution in [1.82, 2.24) is 19.7 Å². The van der Waals surface area contributed by atoms with Crippen molar-refractivity contribution in [3.8, 4) is 0 Å². The van der Waals surface area contributed by atoms with E-state index in [9.17, 15) is 4.79 Å². The highest BCUT2D eigenvalue weighted by atomic mass is 16.1. The third kappa shape index (κ3) is 2.55. The van der Waals surface area contributed by atoms with Crippen LogP contribution in [0.1, 0.15) is 27.6 Å². The van der Waals surface area contributed by atoms with Gasteiger partial charge in [0.2, 0.25) is 0 Å². The lowest BCUT2D eigenvalue weighted by atomic mass is 10.1. The van der Waals surface area contributed by atoms with Gasteiger partial charge >= 0.3 is 0 Å². The van der Waals surface area contributed by atoms with Gasteiger partial charge in [-0.15, -0.1) is 0 Å². The molecule has 88 valence electrons. The van der Waals surface area contributed by atoms with Crippen molar-refractivity contribution in [1.29, 1.82) is 0 Å². The fourth-order valence-corrected chi connectivity index (χ4v) is 1.62. The molecule has 17 heavy (non-hydrogen) atoms. The first-order valence-corrected chi connectivity index (χ1v) is 5.37. The molecule has 0 aliphatic rings. The second-order valence-corrected chi connectivity index (χ2v) is 4.04. The molecule has 2 rings (SSSR count). The van der Waals surface area contributed by atoms with Gasteiger partial charge in [-0.05, 0) is 19.9 Å². The minimum Gasteiger partial charge on any atom is -0.292 e. The molecule has 2 aromatic rings. The molecule has 5 heteroatoms. The second-order valence-electron chi connectivity index (χ2n) is 4.04. The molecule has 0 amide bonds. The van der Waals surface area contributed by atoms with E-state index >= 15 is 0 Å². The predicted molar refractivity (Wildman–Crippen MR) is 62.7 cm³/mol. The summed E-state index contributed by atoms with van der Waals surface area (Å²) in [5, 5.41) is 4.20. The van der Waals surface area contributed by atoms with Crippen LogP contribution in [0.25, 0.3) is 0 Å². The third-order valence-corrected chi connectivity index (χ3v) is 2.51. The summed E-state index contributed by atoms with van der Waals surface area (Å²) in [6.45, 7) is 3.74. The zero-order chi connectivity index (χ0) is 12.4. The van der Waals surface area contributed by atoms with Crippen LogP contribution in [0.5, 0.6) is 0 Å². The molecular formula is C12H14N4O. The van der Waals surface area contributed by atoms with Gasteiger partial charge < -0.3 is 0 Å². The van der Waals surface area contributed by atoms with Crippen LogP contribution in [-0.4, -0.2) is 25.5 Å². The first-order chi connectivity index (χ1) is 8.06. The summed E-state index contributed by atoms with van der Waals surface area (Å²) in [5.41, 5.74) is 2.99. The van der Waals surface area contributed by atoms with Crippen LogP contribution in [0.3, 0.4) is 0 Å². The van der Waals surface area contributed by atoms with Crippen LogP contribution in [-0.2, 0) is 13.5 Å². The molecular weight excluding hydrogens is 216 g/mol. The molecule has 0 aliphatic heterocycles. The fourth-order valence-electron chi connectivity index (χ4n) is 1.62. The van der Waals surface area contributed by atoms with Crippen LogP contribution < -0.4 is 0 Å². The molecule has 0 aliphatic carbocycles. The van der Waals surface area contributed by atoms with Gasteiger partial charge in [-0.2, -0.15) is 5.10 Å². The minimum absolute atomic E-state index is 0.0412. The van der Waals surface area contributed by atoms with Crippen LogP contribution in [0, 0.1) is 13.8 Å². The van der Waals surface area contributed by atoms with Crippen molar-refractivity contribution >= 4 is 5.78 Å². The van der Waals surface area contributed by atoms with Crippen molar-refractivity contribution < 1.29 is 4.79 Å². The van der Waals surface area contributed by atoms with Crippen LogP contribution in [0.15, 0.2) is 18.5 Å². The van der Waals surface area contributed by atoms with E-state index in [0.29, 0.717) is 12.1 Å². The van der Waals surface area contributed by atoms with Gasteiger partial charge in [0.1, 0.15) is 5.69 Å². The van der Waals surface area contributed by atoms with E-state index in [2.05, 4.69) is 15.1 Å². The molecule has 5 nitrogen and oxygen atoms in total. The summed E-state index contributed by atoms with van der Waals surface area (Å²) in [5.74, 6) is -0.0412. The van der Waals surface area contributed by atoms with Gasteiger partial charge in [0.25, 0.3) is 0 Å². The number of carbonyl (C=O) groups is 1. The van der Waals surface area contributed by atoms with E-state index in [1.165, 1.54) is 6.20 Å². The zero-order valence-corrected chi connectivity index (χ0v) is 10.1. The number of hydrogen-bond acceptors (Lipinski definition) is 4. The van der Waals surface area contributed by atoms with Crippen molar-refractivity contribution in [2.45, 2.75) is 20.3 Å². The number of rotatable bonds is 3. The highest BCUT2D eigenvalue weighted by Crippen LogP contribution is 2.06. The number of hydrogen-bond donors (Lipinski definition) is 0. The summed E-state index contributed by atoms with van der Waals surface area (Å²) in [7, 11) is 1.83. The summed E-state index contributed by atoms with van der Waals surface area (Å²) in [4.78, 5) is 20.1. The monoisotopic (exact) mass is 230 g/mol. The standard InChI is InChI=1S/C12H14N4O/c1-8-4-10(16(3)15-8)5-12(17)11-7-13-9(2)6-14-11/h4,6-7H,5H2,1-3H3. The average molecular weight is 230 g/mol. The van der Waals surface area contributed by atoms with Crippen LogP contribution in [0.4, 0.5) is 0 Å². The Hall–Kier alpha value is -2.04. The van der Waals surface area contributed by atoms with E-state index in [1.54, 1.807) is 10.9 Å². The summed E-state index contributed by atoms with van der Waals surface area (Å²) >= 11 is 0. The Bertz CT molecular complexity index is 542. The molecule has 0 spiro atoms. The normalized spacial score (nSPS) is 10.5. The average Bonchev–Trinajstić information content (AvgIpc) is 2.58. The highest BCUT2D eigenvalue weighted by molar-refractivity contribution is 5.95. The van der Waals surface area contributed by atoms with Crippen molar-refractivity contribution in [2.24, 2.45) is 7.05 Å². The Morgan fingerprint density at radius 2 is 2.00 bits per heavy atom. The molecule has 0 saturated carbocycles. The molecule has 0 unspecified atom stereocenters. The Labute approximate surface area is 99.5 Å². The molecule has 0 radical (unpaired) electrons. The van der Waals surface area contributed by atoms with Gasteiger partial charge in [-0.25, -0.2) is 4.98 Å². The molecule has 0 fully saturated rings. The first kappa shape index (κ1) is 11.4. The van der Waals surface area contributed by atoms with Crippen LogP contribution in [0.2, 0.25) is 0 Å². The van der Waals surface area contributed by atoms with Gasteiger partial charge in [-0.3, -0.25) is 14.5 Å². The number of nitrogens with zero attached hydrogens (tertiary/aromatic N) is 4. The van der Waals surface area contributed by atoms with Crippen molar-refractivity contribution in [3.05, 3.63) is 41.2 Å². The number of aryl methyl sites for hydroxylation is 3. The van der Waals surface area contributed by atoms with E-state index in [1.807, 2.05) is 27.0 Å². The van der Waals surface area contributed by atoms with Gasteiger partial charge in [-0.1, -0.05) is 0 Å². The lowest BCUT2D eigenvalue weighted by Gasteiger charge is -2.01. The molecule has 0 N–H and O–H groups in total. The Balaban J connectivity index is 2.17. The predicted octanol–water partition coefficient (Wildman–Crippen LogP) is 1.25. The Morgan fingerprint density at radius 1 is 1.24 bits per heavy atom. The minimum atomic E-state index is -0.0412. The summed E-state index contributed by atoms with van der Waals surface area (Å²) in [6, 6.07) is 1.90. The van der Waals surface area contributed by atoms with Crippen molar-refractivity contribution in [3.63, 3.8) is 0 Å². The van der Waals surface area contributed by atoms with E-state index in [4.69, 9.17) is 0 Å². The molecule has 2 heterocycles. The van der Waals surface area contributed by atoms with E-state index in [0.717, 1.165) is 17.1 Å². The third-order valence-electron chi connectivity index (χ3n) is 2.51. The smallest absolute Gasteiger partial charge is 0.188 e. The molecule has 2 aromatic heterocycles. The summed E-state index contributed by atoms with van der Waals surface area (Å²) < 4.78 is 1.72. The maximum absolute atomic E-state index is 11.9. The topological polar surface area (TPSA) is 60.7 Å². The lowest BCUT2D eigenvalue weighted by Crippen LogP contribution is -2.10. The van der Waals surface area contributed by atoms with E-state index in [-0.39, 0.29) is 5.78 Å². The molecule has 0 aromatic carbocycles. The van der Waals surface area contributed by atoms with Gasteiger partial charge in [0.15, 0.2) is 5.78 Å². The first-order valence-electron chi connectivity index (χ1n) is 5.37. The number of Topliss-reactive ketones (excluding diaryl/α,β-unsaturated/α-hetero) is 1. The SMILES string of the molecule is Cc1cnc(C(=O)Cc2cc(C)nn2C)cn1. The van der Waals surface area contributed by atoms with Crippen LogP contribution >= 0.6 is 0 Å². The molecule has 0 saturated heterocycles. The molecule has 0 atom stereocenters. The number of aromatic nitrogens is 4. The number of ketones is 1. The highest BCUT2D eigenvalue weighted by Gasteiger charge is 2.12. The maximum atomic E-state index is 11.9. The van der Waals surface area contributed by atoms with E-state index < -0.39 is 0 Å². The molecule has 0 bridgehead atoms. The lowest BCUT2D eigenvalue weighted by molar-refractivity contribution is 0.0985. The zero-order valence-electron chi connectivity index (χ0n) is 10.1. The van der Waals surface area contributed by atoms with Crippen molar-refractivity contribution in [2.75, 3.05) is 0 Å². The van der Waals surface area contributed by atoms with Gasteiger partial charge in [0.05, 0.1) is 24.0 Å². The number of carbonyl (C=O) groups excluding carboxylic acids is 1. The maximum Gasteiger partial charge on any atom is 0.188 e. The Kier molecular flexibility index (Phi) is 2.99. The Morgan fingerprint density at radius 3 is 2.53 bits per heavy atom. The summed E-state index contributed by atoms with van der Waals surface area (Å²) in [6.07, 6.45) is 3.41.